The third kappa shape index (κ3) is 3.13. The number of nitrogens with zero attached hydrogens (tertiary/aromatic N) is 1. The van der Waals surface area contributed by atoms with Crippen molar-refractivity contribution in [2.24, 2.45) is 0 Å². The molecule has 0 bridgehead atoms. The number of carbonyl (C=O) groups is 1. The maximum absolute atomic E-state index is 11.0. The van der Waals surface area contributed by atoms with E-state index in [0.717, 1.165) is 8.95 Å². The molecule has 0 atom stereocenters. The smallest absolute Gasteiger partial charge is 0.238 e. The van der Waals surface area contributed by atoms with Crippen LogP contribution in [0.2, 0.25) is 0 Å². The summed E-state index contributed by atoms with van der Waals surface area (Å²) in [5, 5.41) is 10.9. The van der Waals surface area contributed by atoms with Crippen molar-refractivity contribution in [1.29, 1.82) is 5.26 Å². The van der Waals surface area contributed by atoms with E-state index in [1.807, 2.05) is 6.07 Å². The van der Waals surface area contributed by atoms with Gasteiger partial charge in [-0.1, -0.05) is 0 Å². The van der Waals surface area contributed by atoms with E-state index in [1.165, 1.54) is 0 Å². The maximum atomic E-state index is 11.0. The molecule has 0 aliphatic carbocycles. The molecule has 0 aromatic heterocycles. The number of nitrogens with one attached hydrogen (secondary N) is 1. The summed E-state index contributed by atoms with van der Waals surface area (Å²) in [6.07, 6.45) is -0.131. The van der Waals surface area contributed by atoms with Crippen LogP contribution in [0.5, 0.6) is 0 Å². The topological polar surface area (TPSA) is 52.9 Å². The number of anilines is 1. The first-order valence-corrected chi connectivity index (χ1v) is 5.34. The summed E-state index contributed by atoms with van der Waals surface area (Å²) in [4.78, 5) is 11.0. The number of nitriles is 1. The van der Waals surface area contributed by atoms with Crippen LogP contribution in [0.4, 0.5) is 5.69 Å². The fourth-order valence-corrected chi connectivity index (χ4v) is 1.48. The van der Waals surface area contributed by atoms with Crippen LogP contribution in [0.3, 0.4) is 0 Å². The molecule has 0 unspecified atom stereocenters. The molecule has 1 amide bonds. The van der Waals surface area contributed by atoms with E-state index in [9.17, 15) is 4.79 Å². The standard InChI is InChI=1S/C9H6Br2N2O/c10-7-2-1-6(5-8(7)11)13-9(14)3-4-12/h1-2,5H,3H2,(H,13,14). The van der Waals surface area contributed by atoms with Gasteiger partial charge in [0.1, 0.15) is 6.42 Å². The minimum atomic E-state index is -0.304. The van der Waals surface area contributed by atoms with Crippen molar-refractivity contribution in [3.8, 4) is 6.07 Å². The largest absolute Gasteiger partial charge is 0.325 e. The normalized spacial score (nSPS) is 9.21. The van der Waals surface area contributed by atoms with Crippen LogP contribution in [0.15, 0.2) is 27.1 Å². The molecule has 0 saturated carbocycles. The molecule has 14 heavy (non-hydrogen) atoms. The molecule has 1 N–H and O–H groups in total. The van der Waals surface area contributed by atoms with E-state index in [0.29, 0.717) is 5.69 Å². The van der Waals surface area contributed by atoms with Crippen molar-refractivity contribution in [3.05, 3.63) is 27.1 Å². The molecule has 0 radical (unpaired) electrons. The number of hydrogen-bond acceptors (Lipinski definition) is 2. The minimum Gasteiger partial charge on any atom is -0.325 e. The summed E-state index contributed by atoms with van der Waals surface area (Å²) in [5.74, 6) is -0.304. The van der Waals surface area contributed by atoms with Gasteiger partial charge in [-0.15, -0.1) is 0 Å². The Labute approximate surface area is 98.4 Å². The molecule has 5 heteroatoms. The molecule has 1 aromatic rings. The number of carbonyl (C=O) groups excluding carboxylic acids is 1. The summed E-state index contributed by atoms with van der Waals surface area (Å²) >= 11 is 6.63. The molecule has 1 rings (SSSR count). The summed E-state index contributed by atoms with van der Waals surface area (Å²) in [6, 6.07) is 7.11. The van der Waals surface area contributed by atoms with Gasteiger partial charge in [0.2, 0.25) is 5.91 Å². The van der Waals surface area contributed by atoms with E-state index >= 15 is 0 Å². The zero-order chi connectivity index (χ0) is 10.6. The quantitative estimate of drug-likeness (QED) is 0.911. The van der Waals surface area contributed by atoms with Gasteiger partial charge in [0.25, 0.3) is 0 Å². The summed E-state index contributed by atoms with van der Waals surface area (Å²) in [5.41, 5.74) is 0.667. The molecular formula is C9H6Br2N2O. The first kappa shape index (κ1) is 11.2. The zero-order valence-electron chi connectivity index (χ0n) is 7.05. The van der Waals surface area contributed by atoms with Crippen LogP contribution in [-0.2, 0) is 4.79 Å². The Balaban J connectivity index is 2.74. The Morgan fingerprint density at radius 1 is 1.43 bits per heavy atom. The molecule has 0 aliphatic rings. The second-order valence-corrected chi connectivity index (χ2v) is 4.22. The van der Waals surface area contributed by atoms with E-state index in [1.54, 1.807) is 18.2 Å². The SMILES string of the molecule is N#CCC(=O)Nc1ccc(Br)c(Br)c1. The van der Waals surface area contributed by atoms with Crippen LogP contribution in [-0.4, -0.2) is 5.91 Å². The molecule has 1 aromatic carbocycles. The highest BCUT2D eigenvalue weighted by atomic mass is 79.9. The van der Waals surface area contributed by atoms with E-state index in [4.69, 9.17) is 5.26 Å². The van der Waals surface area contributed by atoms with E-state index in [-0.39, 0.29) is 12.3 Å². The van der Waals surface area contributed by atoms with Crippen LogP contribution in [0.25, 0.3) is 0 Å². The van der Waals surface area contributed by atoms with Gasteiger partial charge in [0.15, 0.2) is 0 Å². The number of hydrogen-bond donors (Lipinski definition) is 1. The van der Waals surface area contributed by atoms with Crippen LogP contribution < -0.4 is 5.32 Å². The van der Waals surface area contributed by atoms with Gasteiger partial charge in [0.05, 0.1) is 6.07 Å². The van der Waals surface area contributed by atoms with E-state index < -0.39 is 0 Å². The molecule has 0 spiro atoms. The number of halogens is 2. The van der Waals surface area contributed by atoms with Crippen molar-refractivity contribution < 1.29 is 4.79 Å². The molecule has 3 nitrogen and oxygen atoms in total. The summed E-state index contributed by atoms with van der Waals surface area (Å²) < 4.78 is 1.77. The second kappa shape index (κ2) is 5.13. The average Bonchev–Trinajstić information content (AvgIpc) is 2.12. The van der Waals surface area contributed by atoms with Crippen molar-refractivity contribution >= 4 is 43.5 Å². The number of rotatable bonds is 2. The molecule has 0 fully saturated rings. The van der Waals surface area contributed by atoms with Gasteiger partial charge in [0, 0.05) is 14.6 Å². The molecule has 0 aliphatic heterocycles. The van der Waals surface area contributed by atoms with Gasteiger partial charge < -0.3 is 5.32 Å². The first-order chi connectivity index (χ1) is 6.63. The van der Waals surface area contributed by atoms with Crippen molar-refractivity contribution in [2.75, 3.05) is 5.32 Å². The van der Waals surface area contributed by atoms with Crippen molar-refractivity contribution in [3.63, 3.8) is 0 Å². The summed E-state index contributed by atoms with van der Waals surface area (Å²) in [7, 11) is 0. The van der Waals surface area contributed by atoms with Gasteiger partial charge >= 0.3 is 0 Å². The van der Waals surface area contributed by atoms with Crippen molar-refractivity contribution in [1.82, 2.24) is 0 Å². The Kier molecular flexibility index (Phi) is 4.11. The molecule has 0 heterocycles. The Bertz CT molecular complexity index is 398. The van der Waals surface area contributed by atoms with E-state index in [2.05, 4.69) is 37.2 Å². The number of benzene rings is 1. The van der Waals surface area contributed by atoms with Gasteiger partial charge in [-0.05, 0) is 50.1 Å². The fourth-order valence-electron chi connectivity index (χ4n) is 0.851. The lowest BCUT2D eigenvalue weighted by molar-refractivity contribution is -0.115. The monoisotopic (exact) mass is 316 g/mol. The Morgan fingerprint density at radius 3 is 2.71 bits per heavy atom. The Hall–Kier alpha value is -0.860. The lowest BCUT2D eigenvalue weighted by Gasteiger charge is -2.03. The third-order valence-corrected chi connectivity index (χ3v) is 3.32. The molecule has 0 saturated heterocycles. The Morgan fingerprint density at radius 2 is 2.14 bits per heavy atom. The first-order valence-electron chi connectivity index (χ1n) is 3.75. The molecule has 72 valence electrons. The predicted molar refractivity (Wildman–Crippen MR) is 60.7 cm³/mol. The third-order valence-electron chi connectivity index (χ3n) is 1.44. The second-order valence-electron chi connectivity index (χ2n) is 2.51. The zero-order valence-corrected chi connectivity index (χ0v) is 10.2. The van der Waals surface area contributed by atoms with Gasteiger partial charge in [-0.2, -0.15) is 5.26 Å². The van der Waals surface area contributed by atoms with Crippen molar-refractivity contribution in [2.45, 2.75) is 6.42 Å². The lowest BCUT2D eigenvalue weighted by Crippen LogP contribution is -2.09. The lowest BCUT2D eigenvalue weighted by atomic mass is 10.3. The highest BCUT2D eigenvalue weighted by Crippen LogP contribution is 2.25. The average molecular weight is 318 g/mol. The molecular weight excluding hydrogens is 312 g/mol. The minimum absolute atomic E-state index is 0.131. The van der Waals surface area contributed by atoms with Crippen LogP contribution in [0, 0.1) is 11.3 Å². The highest BCUT2D eigenvalue weighted by Gasteiger charge is 2.02. The predicted octanol–water partition coefficient (Wildman–Crippen LogP) is 3.06. The van der Waals surface area contributed by atoms with Crippen LogP contribution >= 0.6 is 31.9 Å². The maximum Gasteiger partial charge on any atom is 0.238 e. The van der Waals surface area contributed by atoms with Gasteiger partial charge in [-0.3, -0.25) is 4.79 Å². The highest BCUT2D eigenvalue weighted by molar-refractivity contribution is 9.13. The summed E-state index contributed by atoms with van der Waals surface area (Å²) in [6.45, 7) is 0. The van der Waals surface area contributed by atoms with Gasteiger partial charge in [-0.25, -0.2) is 0 Å². The fraction of sp³-hybridized carbons (Fsp3) is 0.111. The number of amides is 1. The van der Waals surface area contributed by atoms with Crippen LogP contribution in [0.1, 0.15) is 6.42 Å².